The summed E-state index contributed by atoms with van der Waals surface area (Å²) in [5.74, 6) is 0.0681. The summed E-state index contributed by atoms with van der Waals surface area (Å²) in [4.78, 5) is 23.2. The summed E-state index contributed by atoms with van der Waals surface area (Å²) >= 11 is 0. The molecule has 1 rings (SSSR count). The number of aliphatic carboxylic acids is 1. The third-order valence-corrected chi connectivity index (χ3v) is 3.76. The van der Waals surface area contributed by atoms with Gasteiger partial charge < -0.3 is 19.9 Å². The summed E-state index contributed by atoms with van der Waals surface area (Å²) in [6, 6.07) is 5.44. The van der Waals surface area contributed by atoms with Crippen LogP contribution in [-0.2, 0) is 16.0 Å². The van der Waals surface area contributed by atoms with Gasteiger partial charge in [-0.15, -0.1) is 0 Å². The molecule has 0 aliphatic rings. The molecular formula is C18H27NO5. The highest BCUT2D eigenvalue weighted by Crippen LogP contribution is 2.25. The lowest BCUT2D eigenvalue weighted by atomic mass is 9.97. The molecule has 0 fully saturated rings. The first-order valence-electron chi connectivity index (χ1n) is 8.07. The zero-order valence-corrected chi connectivity index (χ0v) is 14.8. The number of carboxylic acids is 1. The molecule has 1 aromatic carbocycles. The maximum atomic E-state index is 12.0. The SMILES string of the molecule is COc1ccc(OC)c(CCC(=O)NCC(CC(C)C)C(=O)O)c1. The number of carboxylic acid groups (broad SMARTS) is 1. The minimum Gasteiger partial charge on any atom is -0.497 e. The number of hydrogen-bond donors (Lipinski definition) is 2. The number of aryl methyl sites for hydroxylation is 1. The Labute approximate surface area is 143 Å². The Balaban J connectivity index is 2.55. The summed E-state index contributed by atoms with van der Waals surface area (Å²) in [6.45, 7) is 4.08. The predicted molar refractivity (Wildman–Crippen MR) is 91.5 cm³/mol. The van der Waals surface area contributed by atoms with Crippen LogP contribution in [0, 0.1) is 11.8 Å². The molecule has 1 unspecified atom stereocenters. The van der Waals surface area contributed by atoms with Crippen molar-refractivity contribution in [3.8, 4) is 11.5 Å². The number of amides is 1. The first kappa shape index (κ1) is 19.8. The predicted octanol–water partition coefficient (Wildman–Crippen LogP) is 2.50. The maximum Gasteiger partial charge on any atom is 0.308 e. The molecule has 0 spiro atoms. The van der Waals surface area contributed by atoms with E-state index in [2.05, 4.69) is 5.32 Å². The van der Waals surface area contributed by atoms with Crippen LogP contribution in [0.15, 0.2) is 18.2 Å². The third kappa shape index (κ3) is 6.48. The first-order valence-corrected chi connectivity index (χ1v) is 8.07. The van der Waals surface area contributed by atoms with E-state index in [1.807, 2.05) is 19.9 Å². The van der Waals surface area contributed by atoms with Crippen LogP contribution in [-0.4, -0.2) is 37.7 Å². The minimum absolute atomic E-state index is 0.154. The largest absolute Gasteiger partial charge is 0.497 e. The Morgan fingerprint density at radius 3 is 2.46 bits per heavy atom. The van der Waals surface area contributed by atoms with Crippen LogP contribution in [0.4, 0.5) is 0 Å². The molecule has 0 aromatic heterocycles. The van der Waals surface area contributed by atoms with Gasteiger partial charge in [-0.2, -0.15) is 0 Å². The number of rotatable bonds is 10. The molecule has 0 heterocycles. The van der Waals surface area contributed by atoms with Gasteiger partial charge in [0, 0.05) is 13.0 Å². The number of carbonyl (C=O) groups excluding carboxylic acids is 1. The van der Waals surface area contributed by atoms with E-state index < -0.39 is 11.9 Å². The van der Waals surface area contributed by atoms with Crippen molar-refractivity contribution in [1.82, 2.24) is 5.32 Å². The van der Waals surface area contributed by atoms with E-state index in [0.29, 0.717) is 24.3 Å². The van der Waals surface area contributed by atoms with Crippen LogP contribution in [0.1, 0.15) is 32.3 Å². The normalized spacial score (nSPS) is 11.9. The van der Waals surface area contributed by atoms with Gasteiger partial charge in [0.25, 0.3) is 0 Å². The number of nitrogens with one attached hydrogen (secondary N) is 1. The summed E-state index contributed by atoms with van der Waals surface area (Å²) < 4.78 is 10.5. The number of hydrogen-bond acceptors (Lipinski definition) is 4. The molecule has 0 bridgehead atoms. The van der Waals surface area contributed by atoms with Gasteiger partial charge in [0.15, 0.2) is 0 Å². The van der Waals surface area contributed by atoms with E-state index in [-0.39, 0.29) is 24.8 Å². The first-order chi connectivity index (χ1) is 11.4. The summed E-state index contributed by atoms with van der Waals surface area (Å²) in [7, 11) is 3.16. The molecule has 0 aliphatic carbocycles. The van der Waals surface area contributed by atoms with Crippen molar-refractivity contribution < 1.29 is 24.2 Å². The number of ether oxygens (including phenoxy) is 2. The quantitative estimate of drug-likeness (QED) is 0.685. The molecule has 1 amide bonds. The number of benzene rings is 1. The molecule has 2 N–H and O–H groups in total. The molecule has 6 heteroatoms. The van der Waals surface area contributed by atoms with E-state index in [1.165, 1.54) is 0 Å². The molecule has 134 valence electrons. The summed E-state index contributed by atoms with van der Waals surface area (Å²) in [5, 5.41) is 11.9. The Morgan fingerprint density at radius 1 is 1.21 bits per heavy atom. The van der Waals surface area contributed by atoms with Crippen LogP contribution < -0.4 is 14.8 Å². The molecule has 6 nitrogen and oxygen atoms in total. The van der Waals surface area contributed by atoms with E-state index in [0.717, 1.165) is 5.56 Å². The van der Waals surface area contributed by atoms with Crippen molar-refractivity contribution in [3.05, 3.63) is 23.8 Å². The van der Waals surface area contributed by atoms with Crippen molar-refractivity contribution in [1.29, 1.82) is 0 Å². The molecular weight excluding hydrogens is 310 g/mol. The van der Waals surface area contributed by atoms with E-state index in [9.17, 15) is 14.7 Å². The minimum atomic E-state index is -0.876. The van der Waals surface area contributed by atoms with Gasteiger partial charge in [-0.25, -0.2) is 0 Å². The zero-order valence-electron chi connectivity index (χ0n) is 14.8. The van der Waals surface area contributed by atoms with Crippen LogP contribution in [0.2, 0.25) is 0 Å². The Hall–Kier alpha value is -2.24. The lowest BCUT2D eigenvalue weighted by molar-refractivity contribution is -0.142. The van der Waals surface area contributed by atoms with Crippen LogP contribution in [0.3, 0.4) is 0 Å². The van der Waals surface area contributed by atoms with Crippen LogP contribution in [0.25, 0.3) is 0 Å². The van der Waals surface area contributed by atoms with Crippen molar-refractivity contribution in [2.24, 2.45) is 11.8 Å². The lowest BCUT2D eigenvalue weighted by Crippen LogP contribution is -2.33. The molecule has 1 aromatic rings. The number of carbonyl (C=O) groups is 2. The fraction of sp³-hybridized carbons (Fsp3) is 0.556. The molecule has 24 heavy (non-hydrogen) atoms. The van der Waals surface area contributed by atoms with Gasteiger partial charge in [-0.3, -0.25) is 9.59 Å². The molecule has 0 aliphatic heterocycles. The second-order valence-electron chi connectivity index (χ2n) is 6.15. The van der Waals surface area contributed by atoms with Crippen LogP contribution >= 0.6 is 0 Å². The van der Waals surface area contributed by atoms with Gasteiger partial charge in [0.05, 0.1) is 20.1 Å². The fourth-order valence-electron chi connectivity index (χ4n) is 2.49. The standard InChI is InChI=1S/C18H27NO5/c1-12(2)9-14(18(21)22)11-19-17(20)8-5-13-10-15(23-3)6-7-16(13)24-4/h6-7,10,12,14H,5,8-9,11H2,1-4H3,(H,19,20)(H,21,22). The van der Waals surface area contributed by atoms with E-state index >= 15 is 0 Å². The summed E-state index contributed by atoms with van der Waals surface area (Å²) in [5.41, 5.74) is 0.879. The fourth-order valence-corrected chi connectivity index (χ4v) is 2.49. The topological polar surface area (TPSA) is 84.9 Å². The van der Waals surface area contributed by atoms with Crippen molar-refractivity contribution in [3.63, 3.8) is 0 Å². The highest BCUT2D eigenvalue weighted by Gasteiger charge is 2.19. The van der Waals surface area contributed by atoms with Gasteiger partial charge in [-0.1, -0.05) is 13.8 Å². The zero-order chi connectivity index (χ0) is 18.1. The van der Waals surface area contributed by atoms with Crippen LogP contribution in [0.5, 0.6) is 11.5 Å². The Kier molecular flexibility index (Phi) is 8.09. The van der Waals surface area contributed by atoms with Crippen molar-refractivity contribution >= 4 is 11.9 Å². The smallest absolute Gasteiger partial charge is 0.308 e. The molecule has 0 saturated heterocycles. The lowest BCUT2D eigenvalue weighted by Gasteiger charge is -2.15. The Bertz CT molecular complexity index is 556. The second kappa shape index (κ2) is 9.80. The number of methoxy groups -OCH3 is 2. The third-order valence-electron chi connectivity index (χ3n) is 3.76. The van der Waals surface area contributed by atoms with E-state index in [4.69, 9.17) is 9.47 Å². The average molecular weight is 337 g/mol. The summed E-state index contributed by atoms with van der Waals surface area (Å²) in [6.07, 6.45) is 1.30. The van der Waals surface area contributed by atoms with Gasteiger partial charge >= 0.3 is 5.97 Å². The highest BCUT2D eigenvalue weighted by atomic mass is 16.5. The second-order valence-corrected chi connectivity index (χ2v) is 6.15. The van der Waals surface area contributed by atoms with E-state index in [1.54, 1.807) is 26.4 Å². The Morgan fingerprint density at radius 2 is 1.92 bits per heavy atom. The maximum absolute atomic E-state index is 12.0. The van der Waals surface area contributed by atoms with Gasteiger partial charge in [-0.05, 0) is 42.5 Å². The van der Waals surface area contributed by atoms with Gasteiger partial charge in [0.1, 0.15) is 11.5 Å². The molecule has 1 atom stereocenters. The molecule has 0 saturated carbocycles. The molecule has 0 radical (unpaired) electrons. The highest BCUT2D eigenvalue weighted by molar-refractivity contribution is 5.77. The van der Waals surface area contributed by atoms with Crippen molar-refractivity contribution in [2.75, 3.05) is 20.8 Å². The van der Waals surface area contributed by atoms with Crippen molar-refractivity contribution in [2.45, 2.75) is 33.1 Å². The average Bonchev–Trinajstić information content (AvgIpc) is 2.55. The van der Waals surface area contributed by atoms with Gasteiger partial charge in [0.2, 0.25) is 5.91 Å². The monoisotopic (exact) mass is 337 g/mol.